The lowest BCUT2D eigenvalue weighted by atomic mass is 10.0. The molecule has 0 spiro atoms. The Morgan fingerprint density at radius 1 is 1.12 bits per heavy atom. The molecule has 0 bridgehead atoms. The standard InChI is InChI=1S/C25H28N4O3S/c30-25(29-21-7-6-20-16-27-10-8-18(20)11-21)24-13-23(24)19-4-1-5-22(12-19)33(31,32)28-15-17-3-2-9-26-14-17/h1,4-8,10-12,16-17,23-24,26,28H,2-3,9,13-15H2,(H,29,30)/t17-,23-,24+/m0/s1. The van der Waals surface area contributed by atoms with E-state index >= 15 is 0 Å². The van der Waals surface area contributed by atoms with E-state index in [0.29, 0.717) is 18.9 Å². The Kier molecular flexibility index (Phi) is 6.14. The summed E-state index contributed by atoms with van der Waals surface area (Å²) in [4.78, 5) is 17.2. The summed E-state index contributed by atoms with van der Waals surface area (Å²) >= 11 is 0. The number of benzene rings is 2. The molecule has 0 radical (unpaired) electrons. The van der Waals surface area contributed by atoms with Crippen molar-refractivity contribution >= 4 is 32.4 Å². The van der Waals surface area contributed by atoms with Crippen molar-refractivity contribution < 1.29 is 13.2 Å². The highest BCUT2D eigenvalue weighted by Gasteiger charge is 2.44. The summed E-state index contributed by atoms with van der Waals surface area (Å²) in [6, 6.07) is 14.7. The average molecular weight is 465 g/mol. The third-order valence-corrected chi connectivity index (χ3v) is 8.01. The second kappa shape index (κ2) is 9.21. The Balaban J connectivity index is 1.22. The van der Waals surface area contributed by atoms with E-state index in [1.165, 1.54) is 0 Å². The number of nitrogens with one attached hydrogen (secondary N) is 3. The highest BCUT2D eigenvalue weighted by molar-refractivity contribution is 7.89. The molecule has 7 nitrogen and oxygen atoms in total. The fourth-order valence-corrected chi connectivity index (χ4v) is 5.74. The minimum atomic E-state index is -3.58. The van der Waals surface area contributed by atoms with Crippen molar-refractivity contribution in [3.05, 3.63) is 66.5 Å². The first-order valence-corrected chi connectivity index (χ1v) is 12.9. The van der Waals surface area contributed by atoms with Gasteiger partial charge < -0.3 is 10.6 Å². The molecule has 3 N–H and O–H groups in total. The van der Waals surface area contributed by atoms with Gasteiger partial charge in [0, 0.05) is 35.9 Å². The first-order chi connectivity index (χ1) is 16.0. The molecule has 8 heteroatoms. The topological polar surface area (TPSA) is 100 Å². The van der Waals surface area contributed by atoms with Gasteiger partial charge in [-0.25, -0.2) is 13.1 Å². The maximum Gasteiger partial charge on any atom is 0.240 e. The minimum Gasteiger partial charge on any atom is -0.326 e. The lowest BCUT2D eigenvalue weighted by molar-refractivity contribution is -0.117. The van der Waals surface area contributed by atoms with Crippen LogP contribution in [0.15, 0.2) is 65.8 Å². The molecule has 172 valence electrons. The number of fused-ring (bicyclic) bond motifs is 1. The number of carbonyl (C=O) groups excluding carboxylic acids is 1. The molecule has 1 aliphatic heterocycles. The van der Waals surface area contributed by atoms with Crippen LogP contribution in [0.3, 0.4) is 0 Å². The van der Waals surface area contributed by atoms with Crippen LogP contribution in [0, 0.1) is 11.8 Å². The van der Waals surface area contributed by atoms with Crippen LogP contribution in [0.25, 0.3) is 10.8 Å². The molecule has 0 unspecified atom stereocenters. The average Bonchev–Trinajstić information content (AvgIpc) is 3.65. The lowest BCUT2D eigenvalue weighted by Gasteiger charge is -2.22. The number of sulfonamides is 1. The summed E-state index contributed by atoms with van der Waals surface area (Å²) in [7, 11) is -3.58. The highest BCUT2D eigenvalue weighted by atomic mass is 32.2. The molecule has 3 aromatic rings. The van der Waals surface area contributed by atoms with Crippen LogP contribution in [0.5, 0.6) is 0 Å². The Bertz CT molecular complexity index is 1270. The second-order valence-corrected chi connectivity index (χ2v) is 10.8. The van der Waals surface area contributed by atoms with Crippen molar-refractivity contribution in [3.63, 3.8) is 0 Å². The maximum atomic E-state index is 12.8. The van der Waals surface area contributed by atoms with E-state index in [-0.39, 0.29) is 22.6 Å². The number of hydrogen-bond acceptors (Lipinski definition) is 5. The van der Waals surface area contributed by atoms with Gasteiger partial charge >= 0.3 is 0 Å². The van der Waals surface area contributed by atoms with Crippen LogP contribution >= 0.6 is 0 Å². The molecule has 1 amide bonds. The number of carbonyl (C=O) groups is 1. The van der Waals surface area contributed by atoms with Gasteiger partial charge in [0.15, 0.2) is 0 Å². The van der Waals surface area contributed by atoms with E-state index in [9.17, 15) is 13.2 Å². The third kappa shape index (κ3) is 5.08. The number of piperidine rings is 1. The number of hydrogen-bond donors (Lipinski definition) is 3. The normalized spacial score (nSPS) is 22.7. The molecule has 1 aliphatic carbocycles. The Morgan fingerprint density at radius 2 is 2.03 bits per heavy atom. The van der Waals surface area contributed by atoms with Crippen molar-refractivity contribution in [3.8, 4) is 0 Å². The van der Waals surface area contributed by atoms with Crippen molar-refractivity contribution in [2.24, 2.45) is 11.8 Å². The van der Waals surface area contributed by atoms with Gasteiger partial charge in [-0.3, -0.25) is 9.78 Å². The number of pyridine rings is 1. The highest BCUT2D eigenvalue weighted by Crippen LogP contribution is 2.48. The van der Waals surface area contributed by atoms with Crippen LogP contribution in [-0.4, -0.2) is 38.9 Å². The van der Waals surface area contributed by atoms with Crippen molar-refractivity contribution in [2.45, 2.75) is 30.1 Å². The van der Waals surface area contributed by atoms with Crippen molar-refractivity contribution in [1.29, 1.82) is 0 Å². The SMILES string of the molecule is O=C(Nc1ccc2cnccc2c1)[C@@H]1C[C@H]1c1cccc(S(=O)(=O)NC[C@H]2CCCNC2)c1. The van der Waals surface area contributed by atoms with Gasteiger partial charge in [-0.2, -0.15) is 0 Å². The smallest absolute Gasteiger partial charge is 0.240 e. The van der Waals surface area contributed by atoms with Crippen LogP contribution in [-0.2, 0) is 14.8 Å². The molecule has 1 saturated carbocycles. The van der Waals surface area contributed by atoms with E-state index < -0.39 is 10.0 Å². The zero-order chi connectivity index (χ0) is 22.8. The predicted molar refractivity (Wildman–Crippen MR) is 128 cm³/mol. The predicted octanol–water partition coefficient (Wildman–Crippen LogP) is 3.25. The van der Waals surface area contributed by atoms with Crippen LogP contribution in [0.1, 0.15) is 30.7 Å². The molecule has 1 aromatic heterocycles. The van der Waals surface area contributed by atoms with Crippen molar-refractivity contribution in [1.82, 2.24) is 15.0 Å². The Morgan fingerprint density at radius 3 is 2.88 bits per heavy atom. The number of amides is 1. The summed E-state index contributed by atoms with van der Waals surface area (Å²) in [5.41, 5.74) is 1.64. The largest absolute Gasteiger partial charge is 0.326 e. The Labute approximate surface area is 194 Å². The van der Waals surface area contributed by atoms with Crippen LogP contribution < -0.4 is 15.4 Å². The first kappa shape index (κ1) is 22.0. The molecule has 2 fully saturated rings. The fraction of sp³-hybridized carbons (Fsp3) is 0.360. The molecule has 3 atom stereocenters. The molecular weight excluding hydrogens is 436 g/mol. The summed E-state index contributed by atoms with van der Waals surface area (Å²) in [6.07, 6.45) is 6.34. The molecular formula is C25H28N4O3S. The summed E-state index contributed by atoms with van der Waals surface area (Å²) in [6.45, 7) is 2.28. The summed E-state index contributed by atoms with van der Waals surface area (Å²) < 4.78 is 28.4. The molecule has 2 heterocycles. The lowest BCUT2D eigenvalue weighted by Crippen LogP contribution is -2.38. The maximum absolute atomic E-state index is 12.8. The van der Waals surface area contributed by atoms with Gasteiger partial charge in [-0.05, 0) is 85.5 Å². The number of anilines is 1. The molecule has 1 saturated heterocycles. The summed E-state index contributed by atoms with van der Waals surface area (Å²) in [5.74, 6) is 0.161. The van der Waals surface area contributed by atoms with E-state index in [4.69, 9.17) is 0 Å². The number of rotatable bonds is 7. The van der Waals surface area contributed by atoms with E-state index in [1.54, 1.807) is 30.6 Å². The minimum absolute atomic E-state index is 0.0346. The second-order valence-electron chi connectivity index (χ2n) is 9.01. The molecule has 5 rings (SSSR count). The molecule has 2 aromatic carbocycles. The van der Waals surface area contributed by atoms with Gasteiger partial charge in [0.2, 0.25) is 15.9 Å². The van der Waals surface area contributed by atoms with Crippen LogP contribution in [0.2, 0.25) is 0 Å². The molecule has 2 aliphatic rings. The van der Waals surface area contributed by atoms with Gasteiger partial charge in [0.25, 0.3) is 0 Å². The van der Waals surface area contributed by atoms with Gasteiger partial charge in [-0.15, -0.1) is 0 Å². The van der Waals surface area contributed by atoms with Crippen molar-refractivity contribution in [2.75, 3.05) is 25.0 Å². The zero-order valence-electron chi connectivity index (χ0n) is 18.3. The van der Waals surface area contributed by atoms with Gasteiger partial charge in [0.1, 0.15) is 0 Å². The van der Waals surface area contributed by atoms with Gasteiger partial charge in [-0.1, -0.05) is 18.2 Å². The van der Waals surface area contributed by atoms with Crippen LogP contribution in [0.4, 0.5) is 5.69 Å². The quantitative estimate of drug-likeness (QED) is 0.498. The van der Waals surface area contributed by atoms with E-state index in [2.05, 4.69) is 20.3 Å². The fourth-order valence-electron chi connectivity index (χ4n) is 4.57. The number of aromatic nitrogens is 1. The molecule has 33 heavy (non-hydrogen) atoms. The van der Waals surface area contributed by atoms with E-state index in [1.807, 2.05) is 30.3 Å². The van der Waals surface area contributed by atoms with Gasteiger partial charge in [0.05, 0.1) is 4.90 Å². The monoisotopic (exact) mass is 464 g/mol. The first-order valence-electron chi connectivity index (χ1n) is 11.4. The van der Waals surface area contributed by atoms with E-state index in [0.717, 1.165) is 48.0 Å². The Hall–Kier alpha value is -2.81. The summed E-state index contributed by atoms with van der Waals surface area (Å²) in [5, 5.41) is 8.35. The zero-order valence-corrected chi connectivity index (χ0v) is 19.1. The number of nitrogens with zero attached hydrogens (tertiary/aromatic N) is 1. The third-order valence-electron chi connectivity index (χ3n) is 6.59.